The van der Waals surface area contributed by atoms with Crippen LogP contribution in [0.25, 0.3) is 10.9 Å². The fourth-order valence-corrected chi connectivity index (χ4v) is 1.76. The molecule has 0 fully saturated rings. The number of aryl methyl sites for hydroxylation is 2. The molecule has 0 aliphatic rings. The predicted molar refractivity (Wildman–Crippen MR) is 60.6 cm³/mol. The van der Waals surface area contributed by atoms with E-state index < -0.39 is 0 Å². The van der Waals surface area contributed by atoms with Gasteiger partial charge in [-0.3, -0.25) is 4.79 Å². The zero-order valence-electron chi connectivity index (χ0n) is 8.71. The predicted octanol–water partition coefficient (Wildman–Crippen LogP) is 1.89. The summed E-state index contributed by atoms with van der Waals surface area (Å²) >= 11 is 0. The van der Waals surface area contributed by atoms with Crippen LogP contribution in [0.15, 0.2) is 24.4 Å². The maximum atomic E-state index is 10.7. The number of benzene rings is 1. The summed E-state index contributed by atoms with van der Waals surface area (Å²) in [5.41, 5.74) is 8.63. The van der Waals surface area contributed by atoms with Crippen molar-refractivity contribution in [2.45, 2.75) is 19.8 Å². The Morgan fingerprint density at radius 1 is 1.47 bits per heavy atom. The number of primary amides is 1. The van der Waals surface area contributed by atoms with Gasteiger partial charge in [-0.2, -0.15) is 0 Å². The molecule has 78 valence electrons. The highest BCUT2D eigenvalue weighted by Crippen LogP contribution is 2.20. The second kappa shape index (κ2) is 3.77. The number of fused-ring (bicyclic) bond motifs is 1. The molecule has 1 aromatic carbocycles. The van der Waals surface area contributed by atoms with E-state index in [4.69, 9.17) is 5.73 Å². The van der Waals surface area contributed by atoms with Crippen molar-refractivity contribution in [1.29, 1.82) is 0 Å². The first-order valence-corrected chi connectivity index (χ1v) is 5.02. The standard InChI is InChI=1S/C12H14N2O/c1-8-2-4-11-10(6-8)9(7-14-11)3-5-12(13)15/h2,4,6-7,14H,3,5H2,1H3,(H2,13,15). The highest BCUT2D eigenvalue weighted by molar-refractivity contribution is 5.84. The number of nitrogens with two attached hydrogens (primary N) is 1. The molecule has 3 heteroatoms. The zero-order chi connectivity index (χ0) is 10.8. The third kappa shape index (κ3) is 2.01. The minimum absolute atomic E-state index is 0.253. The molecule has 0 spiro atoms. The van der Waals surface area contributed by atoms with Crippen LogP contribution in [0.3, 0.4) is 0 Å². The van der Waals surface area contributed by atoms with Gasteiger partial charge >= 0.3 is 0 Å². The molecular weight excluding hydrogens is 188 g/mol. The number of hydrogen-bond acceptors (Lipinski definition) is 1. The van der Waals surface area contributed by atoms with E-state index in [9.17, 15) is 4.79 Å². The molecule has 0 atom stereocenters. The minimum Gasteiger partial charge on any atom is -0.370 e. The number of nitrogens with one attached hydrogen (secondary N) is 1. The first-order valence-electron chi connectivity index (χ1n) is 5.02. The molecule has 0 bridgehead atoms. The number of hydrogen-bond donors (Lipinski definition) is 2. The van der Waals surface area contributed by atoms with Gasteiger partial charge in [0.2, 0.25) is 5.91 Å². The van der Waals surface area contributed by atoms with Gasteiger partial charge < -0.3 is 10.7 Å². The Labute approximate surface area is 88.3 Å². The Kier molecular flexibility index (Phi) is 2.46. The van der Waals surface area contributed by atoms with Crippen LogP contribution in [-0.2, 0) is 11.2 Å². The maximum absolute atomic E-state index is 10.7. The van der Waals surface area contributed by atoms with Gasteiger partial charge in [0.15, 0.2) is 0 Å². The van der Waals surface area contributed by atoms with Crippen molar-refractivity contribution in [3.8, 4) is 0 Å². The first-order chi connectivity index (χ1) is 7.16. The van der Waals surface area contributed by atoms with Gasteiger partial charge in [0.1, 0.15) is 0 Å². The van der Waals surface area contributed by atoms with E-state index >= 15 is 0 Å². The minimum atomic E-state index is -0.253. The lowest BCUT2D eigenvalue weighted by Gasteiger charge is -1.98. The van der Waals surface area contributed by atoms with E-state index in [2.05, 4.69) is 30.1 Å². The zero-order valence-corrected chi connectivity index (χ0v) is 8.71. The van der Waals surface area contributed by atoms with Gasteiger partial charge in [0.05, 0.1) is 0 Å². The number of carbonyl (C=O) groups is 1. The Morgan fingerprint density at radius 2 is 2.27 bits per heavy atom. The summed E-state index contributed by atoms with van der Waals surface area (Å²) in [4.78, 5) is 13.9. The first kappa shape index (κ1) is 9.77. The quantitative estimate of drug-likeness (QED) is 0.784. The van der Waals surface area contributed by atoms with E-state index in [1.54, 1.807) is 0 Å². The summed E-state index contributed by atoms with van der Waals surface area (Å²) in [6.45, 7) is 2.06. The molecule has 3 N–H and O–H groups in total. The molecule has 1 amide bonds. The van der Waals surface area contributed by atoms with Gasteiger partial charge in [-0.05, 0) is 31.0 Å². The third-order valence-electron chi connectivity index (χ3n) is 2.56. The van der Waals surface area contributed by atoms with Crippen molar-refractivity contribution < 1.29 is 4.79 Å². The molecule has 0 aliphatic heterocycles. The molecule has 2 aromatic rings. The van der Waals surface area contributed by atoms with Crippen LogP contribution >= 0.6 is 0 Å². The topological polar surface area (TPSA) is 58.9 Å². The molecule has 3 nitrogen and oxygen atoms in total. The van der Waals surface area contributed by atoms with E-state index in [1.807, 2.05) is 6.20 Å². The van der Waals surface area contributed by atoms with Crippen LogP contribution in [0.2, 0.25) is 0 Å². The van der Waals surface area contributed by atoms with Gasteiger partial charge in [-0.1, -0.05) is 11.6 Å². The van der Waals surface area contributed by atoms with Crippen molar-refractivity contribution in [2.75, 3.05) is 0 Å². The van der Waals surface area contributed by atoms with Crippen LogP contribution < -0.4 is 5.73 Å². The smallest absolute Gasteiger partial charge is 0.217 e. The number of H-pyrrole nitrogens is 1. The molecule has 0 saturated heterocycles. The monoisotopic (exact) mass is 202 g/mol. The van der Waals surface area contributed by atoms with Crippen molar-refractivity contribution in [2.24, 2.45) is 5.73 Å². The summed E-state index contributed by atoms with van der Waals surface area (Å²) in [7, 11) is 0. The number of aromatic nitrogens is 1. The van der Waals surface area contributed by atoms with E-state index in [-0.39, 0.29) is 5.91 Å². The normalized spacial score (nSPS) is 10.7. The Bertz CT molecular complexity index is 499. The van der Waals surface area contributed by atoms with Gasteiger partial charge in [-0.25, -0.2) is 0 Å². The number of rotatable bonds is 3. The maximum Gasteiger partial charge on any atom is 0.217 e. The van der Waals surface area contributed by atoms with Crippen LogP contribution in [0.4, 0.5) is 0 Å². The SMILES string of the molecule is Cc1ccc2[nH]cc(CCC(N)=O)c2c1. The second-order valence-corrected chi connectivity index (χ2v) is 3.83. The summed E-state index contributed by atoms with van der Waals surface area (Å²) in [6, 6.07) is 6.25. The Hall–Kier alpha value is -1.77. The van der Waals surface area contributed by atoms with Crippen LogP contribution in [0, 0.1) is 6.92 Å². The van der Waals surface area contributed by atoms with Crippen LogP contribution in [0.1, 0.15) is 17.5 Å². The van der Waals surface area contributed by atoms with Crippen molar-refractivity contribution >= 4 is 16.8 Å². The Morgan fingerprint density at radius 3 is 3.00 bits per heavy atom. The molecular formula is C12H14N2O. The molecule has 2 rings (SSSR count). The lowest BCUT2D eigenvalue weighted by atomic mass is 10.1. The molecule has 1 heterocycles. The lowest BCUT2D eigenvalue weighted by molar-refractivity contribution is -0.117. The highest BCUT2D eigenvalue weighted by Gasteiger charge is 2.04. The molecule has 0 saturated carbocycles. The largest absolute Gasteiger partial charge is 0.370 e. The van der Waals surface area contributed by atoms with Gasteiger partial charge in [-0.15, -0.1) is 0 Å². The number of amides is 1. The molecule has 15 heavy (non-hydrogen) atoms. The molecule has 0 unspecified atom stereocenters. The van der Waals surface area contributed by atoms with Gasteiger partial charge in [0, 0.05) is 23.5 Å². The highest BCUT2D eigenvalue weighted by atomic mass is 16.1. The average molecular weight is 202 g/mol. The fraction of sp³-hybridized carbons (Fsp3) is 0.250. The van der Waals surface area contributed by atoms with Crippen molar-refractivity contribution in [3.63, 3.8) is 0 Å². The molecule has 1 aromatic heterocycles. The van der Waals surface area contributed by atoms with E-state index in [1.165, 1.54) is 10.9 Å². The van der Waals surface area contributed by atoms with E-state index in [0.29, 0.717) is 12.8 Å². The molecule has 0 aliphatic carbocycles. The van der Waals surface area contributed by atoms with Crippen LogP contribution in [-0.4, -0.2) is 10.9 Å². The number of aromatic amines is 1. The number of carbonyl (C=O) groups excluding carboxylic acids is 1. The summed E-state index contributed by atoms with van der Waals surface area (Å²) < 4.78 is 0. The van der Waals surface area contributed by atoms with Crippen LogP contribution in [0.5, 0.6) is 0 Å². The summed E-state index contributed by atoms with van der Waals surface area (Å²) in [6.07, 6.45) is 3.06. The van der Waals surface area contributed by atoms with Crippen molar-refractivity contribution in [1.82, 2.24) is 4.98 Å². The molecule has 0 radical (unpaired) electrons. The lowest BCUT2D eigenvalue weighted by Crippen LogP contribution is -2.10. The van der Waals surface area contributed by atoms with Gasteiger partial charge in [0.25, 0.3) is 0 Å². The van der Waals surface area contributed by atoms with E-state index in [0.717, 1.165) is 11.1 Å². The summed E-state index contributed by atoms with van der Waals surface area (Å²) in [5, 5.41) is 1.19. The Balaban J connectivity index is 2.35. The third-order valence-corrected chi connectivity index (χ3v) is 2.56. The fourth-order valence-electron chi connectivity index (χ4n) is 1.76. The summed E-state index contributed by atoms with van der Waals surface area (Å²) in [5.74, 6) is -0.253. The second-order valence-electron chi connectivity index (χ2n) is 3.83. The van der Waals surface area contributed by atoms with Crippen molar-refractivity contribution in [3.05, 3.63) is 35.5 Å². The average Bonchev–Trinajstić information content (AvgIpc) is 2.57.